The van der Waals surface area contributed by atoms with Crippen molar-refractivity contribution in [1.82, 2.24) is 0 Å². The van der Waals surface area contributed by atoms with Crippen molar-refractivity contribution in [1.29, 1.82) is 0 Å². The van der Waals surface area contributed by atoms with Gasteiger partial charge in [0, 0.05) is 17.7 Å². The van der Waals surface area contributed by atoms with Gasteiger partial charge < -0.3 is 5.32 Å². The fraction of sp³-hybridized carbons (Fsp3) is 0.0476. The number of carbonyl (C=O) groups excluding carboxylic acids is 1. The van der Waals surface area contributed by atoms with Gasteiger partial charge in [-0.1, -0.05) is 54.6 Å². The average Bonchev–Trinajstić information content (AvgIpc) is 3.06. The topological polar surface area (TPSA) is 41.5 Å². The lowest BCUT2D eigenvalue weighted by atomic mass is 10.0. The van der Waals surface area contributed by atoms with E-state index in [0.29, 0.717) is 5.56 Å². The van der Waals surface area contributed by atoms with Gasteiger partial charge in [-0.25, -0.2) is 0 Å². The van der Waals surface area contributed by atoms with Crippen LogP contribution in [0.15, 0.2) is 83.9 Å². The van der Waals surface area contributed by atoms with Crippen molar-refractivity contribution in [3.63, 3.8) is 0 Å². The fourth-order valence-corrected chi connectivity index (χ4v) is 2.85. The number of fused-ring (bicyclic) bond motifs is 1. The van der Waals surface area contributed by atoms with E-state index < -0.39 is 0 Å². The summed E-state index contributed by atoms with van der Waals surface area (Å²) in [5.74, 6) is -0.110. The van der Waals surface area contributed by atoms with Gasteiger partial charge >= 0.3 is 0 Å². The molecule has 1 N–H and O–H groups in total. The van der Waals surface area contributed by atoms with Gasteiger partial charge in [-0.15, -0.1) is 0 Å². The van der Waals surface area contributed by atoms with Gasteiger partial charge in [-0.05, 0) is 35.4 Å². The van der Waals surface area contributed by atoms with Crippen molar-refractivity contribution < 1.29 is 4.79 Å². The highest BCUT2D eigenvalue weighted by Gasteiger charge is 2.16. The summed E-state index contributed by atoms with van der Waals surface area (Å²) in [5.41, 5.74) is 5.74. The summed E-state index contributed by atoms with van der Waals surface area (Å²) in [6, 6.07) is 25.3. The standard InChI is InChI=1S/C21H16N2O/c24-21(16-9-5-2-6-10-16)22-18-12-11-17-13-19(23-20(17)14-18)15-7-3-1-4-8-15/h1-12,14H,13H2,(H,22,24). The van der Waals surface area contributed by atoms with Crippen molar-refractivity contribution in [2.75, 3.05) is 5.32 Å². The summed E-state index contributed by atoms with van der Waals surface area (Å²) in [7, 11) is 0. The maximum atomic E-state index is 12.3. The predicted octanol–water partition coefficient (Wildman–Crippen LogP) is 4.62. The van der Waals surface area contributed by atoms with Crippen molar-refractivity contribution in [2.45, 2.75) is 6.42 Å². The molecule has 1 aliphatic rings. The Morgan fingerprint density at radius 2 is 1.58 bits per heavy atom. The highest BCUT2D eigenvalue weighted by Crippen LogP contribution is 2.31. The molecule has 1 heterocycles. The highest BCUT2D eigenvalue weighted by molar-refractivity contribution is 6.07. The third-order valence-corrected chi connectivity index (χ3v) is 4.10. The van der Waals surface area contributed by atoms with Gasteiger partial charge in [0.15, 0.2) is 0 Å². The molecule has 0 saturated carbocycles. The lowest BCUT2D eigenvalue weighted by Gasteiger charge is -2.06. The molecule has 3 heteroatoms. The van der Waals surface area contributed by atoms with Crippen LogP contribution in [-0.4, -0.2) is 11.6 Å². The molecule has 116 valence electrons. The van der Waals surface area contributed by atoms with Crippen molar-refractivity contribution in [3.8, 4) is 0 Å². The van der Waals surface area contributed by atoms with Crippen LogP contribution < -0.4 is 5.32 Å². The lowest BCUT2D eigenvalue weighted by Crippen LogP contribution is -2.11. The lowest BCUT2D eigenvalue weighted by molar-refractivity contribution is 0.102. The molecule has 0 radical (unpaired) electrons. The fourth-order valence-electron chi connectivity index (χ4n) is 2.85. The quantitative estimate of drug-likeness (QED) is 0.753. The Morgan fingerprint density at radius 3 is 2.33 bits per heavy atom. The number of hydrogen-bond acceptors (Lipinski definition) is 2. The molecule has 24 heavy (non-hydrogen) atoms. The first-order chi connectivity index (χ1) is 11.8. The Kier molecular flexibility index (Phi) is 3.67. The molecule has 0 aromatic heterocycles. The number of nitrogens with zero attached hydrogens (tertiary/aromatic N) is 1. The summed E-state index contributed by atoms with van der Waals surface area (Å²) in [6.07, 6.45) is 0.826. The Labute approximate surface area is 140 Å². The van der Waals surface area contributed by atoms with E-state index in [1.807, 2.05) is 54.6 Å². The van der Waals surface area contributed by atoms with E-state index in [1.165, 1.54) is 5.56 Å². The summed E-state index contributed by atoms with van der Waals surface area (Å²) in [5, 5.41) is 2.93. The van der Waals surface area contributed by atoms with Crippen LogP contribution in [0, 0.1) is 0 Å². The van der Waals surface area contributed by atoms with Crippen LogP contribution in [0.5, 0.6) is 0 Å². The molecular formula is C21H16N2O. The van der Waals surface area contributed by atoms with Crippen molar-refractivity contribution in [2.24, 2.45) is 4.99 Å². The second-order valence-corrected chi connectivity index (χ2v) is 5.76. The molecule has 0 atom stereocenters. The van der Waals surface area contributed by atoms with E-state index in [1.54, 1.807) is 12.1 Å². The molecule has 3 aromatic rings. The van der Waals surface area contributed by atoms with Gasteiger partial charge in [0.1, 0.15) is 0 Å². The van der Waals surface area contributed by atoms with Gasteiger partial charge in [0.25, 0.3) is 5.91 Å². The zero-order valence-electron chi connectivity index (χ0n) is 13.1. The van der Waals surface area contributed by atoms with Gasteiger partial charge in [-0.2, -0.15) is 0 Å². The molecule has 3 nitrogen and oxygen atoms in total. The number of hydrogen-bond donors (Lipinski definition) is 1. The average molecular weight is 312 g/mol. The van der Waals surface area contributed by atoms with Crippen LogP contribution in [-0.2, 0) is 6.42 Å². The zero-order valence-corrected chi connectivity index (χ0v) is 13.1. The maximum Gasteiger partial charge on any atom is 0.255 e. The number of nitrogens with one attached hydrogen (secondary N) is 1. The van der Waals surface area contributed by atoms with E-state index in [4.69, 9.17) is 4.99 Å². The van der Waals surface area contributed by atoms with Crippen LogP contribution >= 0.6 is 0 Å². The molecule has 1 amide bonds. The minimum absolute atomic E-state index is 0.110. The summed E-state index contributed by atoms with van der Waals surface area (Å²) >= 11 is 0. The first kappa shape index (κ1) is 14.4. The normalized spacial score (nSPS) is 12.4. The van der Waals surface area contributed by atoms with Crippen molar-refractivity contribution >= 4 is 23.0 Å². The van der Waals surface area contributed by atoms with Gasteiger partial charge in [-0.3, -0.25) is 9.79 Å². The minimum Gasteiger partial charge on any atom is -0.322 e. The second kappa shape index (κ2) is 6.13. The monoisotopic (exact) mass is 312 g/mol. The summed E-state index contributed by atoms with van der Waals surface area (Å²) < 4.78 is 0. The predicted molar refractivity (Wildman–Crippen MR) is 97.2 cm³/mol. The van der Waals surface area contributed by atoms with Crippen LogP contribution in [0.1, 0.15) is 21.5 Å². The Hall–Kier alpha value is -3.20. The SMILES string of the molecule is O=C(Nc1ccc2c(c1)N=C(c1ccccc1)C2)c1ccccc1. The van der Waals surface area contributed by atoms with E-state index in [-0.39, 0.29) is 5.91 Å². The number of aliphatic imine (C=N–C) groups is 1. The summed E-state index contributed by atoms with van der Waals surface area (Å²) in [4.78, 5) is 17.0. The molecule has 0 fully saturated rings. The van der Waals surface area contributed by atoms with Crippen LogP contribution in [0.2, 0.25) is 0 Å². The molecule has 0 unspecified atom stereocenters. The summed E-state index contributed by atoms with van der Waals surface area (Å²) in [6.45, 7) is 0. The number of benzene rings is 3. The van der Waals surface area contributed by atoms with Gasteiger partial charge in [0.05, 0.1) is 11.4 Å². The largest absolute Gasteiger partial charge is 0.322 e. The number of amides is 1. The second-order valence-electron chi connectivity index (χ2n) is 5.76. The molecule has 0 saturated heterocycles. The number of carbonyl (C=O) groups is 1. The zero-order chi connectivity index (χ0) is 16.4. The molecule has 0 aliphatic carbocycles. The Balaban J connectivity index is 1.57. The van der Waals surface area contributed by atoms with Crippen LogP contribution in [0.4, 0.5) is 11.4 Å². The number of anilines is 1. The maximum absolute atomic E-state index is 12.3. The molecule has 4 rings (SSSR count). The van der Waals surface area contributed by atoms with E-state index in [0.717, 1.165) is 29.1 Å². The first-order valence-electron chi connectivity index (χ1n) is 7.92. The van der Waals surface area contributed by atoms with E-state index in [9.17, 15) is 4.79 Å². The number of rotatable bonds is 3. The molecule has 0 bridgehead atoms. The van der Waals surface area contributed by atoms with E-state index >= 15 is 0 Å². The molecule has 1 aliphatic heterocycles. The third-order valence-electron chi connectivity index (χ3n) is 4.10. The Bertz CT molecular complexity index is 915. The van der Waals surface area contributed by atoms with Gasteiger partial charge in [0.2, 0.25) is 0 Å². The van der Waals surface area contributed by atoms with Crippen molar-refractivity contribution in [3.05, 3.63) is 95.6 Å². The van der Waals surface area contributed by atoms with E-state index in [2.05, 4.69) is 17.4 Å². The molecule has 3 aromatic carbocycles. The smallest absolute Gasteiger partial charge is 0.255 e. The Morgan fingerprint density at radius 1 is 0.875 bits per heavy atom. The first-order valence-corrected chi connectivity index (χ1v) is 7.92. The molecular weight excluding hydrogens is 296 g/mol. The van der Waals surface area contributed by atoms with Crippen LogP contribution in [0.3, 0.4) is 0 Å². The van der Waals surface area contributed by atoms with Crippen LogP contribution in [0.25, 0.3) is 0 Å². The molecule has 0 spiro atoms. The third kappa shape index (κ3) is 2.84. The highest BCUT2D eigenvalue weighted by atomic mass is 16.1. The minimum atomic E-state index is -0.110.